The topological polar surface area (TPSA) is 79.6 Å². The van der Waals surface area contributed by atoms with Gasteiger partial charge in [-0.3, -0.25) is 9.59 Å². The molecule has 1 aromatic carbocycles. The van der Waals surface area contributed by atoms with Crippen LogP contribution in [-0.4, -0.2) is 58.4 Å². The van der Waals surface area contributed by atoms with Crippen LogP contribution < -0.4 is 5.32 Å². The summed E-state index contributed by atoms with van der Waals surface area (Å²) in [4.78, 5) is 30.9. The minimum atomic E-state index is -0.0850. The molecule has 7 nitrogen and oxygen atoms in total. The summed E-state index contributed by atoms with van der Waals surface area (Å²) in [5.41, 5.74) is 3.14. The lowest BCUT2D eigenvalue weighted by atomic mass is 10.1. The van der Waals surface area contributed by atoms with E-state index in [0.29, 0.717) is 23.6 Å². The second-order valence-corrected chi connectivity index (χ2v) is 7.76. The molecule has 1 fully saturated rings. The maximum atomic E-state index is 12.3. The van der Waals surface area contributed by atoms with E-state index in [4.69, 9.17) is 0 Å². The zero-order valence-corrected chi connectivity index (χ0v) is 16.8. The van der Waals surface area contributed by atoms with Gasteiger partial charge in [0.1, 0.15) is 5.78 Å². The highest BCUT2D eigenvalue weighted by atomic mass is 16.1. The first-order valence-corrected chi connectivity index (χ1v) is 9.92. The summed E-state index contributed by atoms with van der Waals surface area (Å²) < 4.78 is 1.77. The van der Waals surface area contributed by atoms with E-state index >= 15 is 0 Å². The summed E-state index contributed by atoms with van der Waals surface area (Å²) in [5, 5.41) is 7.47. The number of ketones is 1. The molecule has 1 amide bonds. The van der Waals surface area contributed by atoms with Gasteiger partial charge in [0.15, 0.2) is 11.5 Å². The van der Waals surface area contributed by atoms with Crippen molar-refractivity contribution in [3.8, 4) is 11.3 Å². The SMILES string of the molecule is CN(C)CCNC(=O)c1ccc(-c2cccc3nc(CC(=O)C4CC4)nn23)cc1. The van der Waals surface area contributed by atoms with Gasteiger partial charge < -0.3 is 10.2 Å². The Balaban J connectivity index is 1.52. The zero-order valence-electron chi connectivity index (χ0n) is 16.8. The monoisotopic (exact) mass is 391 g/mol. The average molecular weight is 391 g/mol. The Bertz CT molecular complexity index is 1040. The third kappa shape index (κ3) is 4.51. The van der Waals surface area contributed by atoms with Gasteiger partial charge >= 0.3 is 0 Å². The number of nitrogens with one attached hydrogen (secondary N) is 1. The fraction of sp³-hybridized carbons (Fsp3) is 0.364. The summed E-state index contributed by atoms with van der Waals surface area (Å²) in [5.74, 6) is 0.911. The summed E-state index contributed by atoms with van der Waals surface area (Å²) >= 11 is 0. The Hall–Kier alpha value is -3.06. The van der Waals surface area contributed by atoms with E-state index in [2.05, 4.69) is 15.4 Å². The van der Waals surface area contributed by atoms with E-state index in [-0.39, 0.29) is 24.0 Å². The van der Waals surface area contributed by atoms with E-state index in [0.717, 1.165) is 30.6 Å². The van der Waals surface area contributed by atoms with Gasteiger partial charge in [-0.2, -0.15) is 5.10 Å². The molecule has 1 aliphatic carbocycles. The molecule has 1 N–H and O–H groups in total. The number of carbonyl (C=O) groups excluding carboxylic acids is 2. The average Bonchev–Trinajstić information content (AvgIpc) is 3.47. The van der Waals surface area contributed by atoms with Crippen molar-refractivity contribution in [3.63, 3.8) is 0 Å². The van der Waals surface area contributed by atoms with Gasteiger partial charge in [-0.15, -0.1) is 0 Å². The second kappa shape index (κ2) is 8.13. The van der Waals surface area contributed by atoms with E-state index in [1.54, 1.807) is 4.52 Å². The lowest BCUT2D eigenvalue weighted by Gasteiger charge is -2.10. The van der Waals surface area contributed by atoms with E-state index in [1.807, 2.05) is 61.5 Å². The highest BCUT2D eigenvalue weighted by Gasteiger charge is 2.30. The number of fused-ring (bicyclic) bond motifs is 1. The molecular weight excluding hydrogens is 366 g/mol. The summed E-state index contributed by atoms with van der Waals surface area (Å²) in [7, 11) is 3.94. The highest BCUT2D eigenvalue weighted by Crippen LogP contribution is 2.30. The molecule has 1 saturated carbocycles. The standard InChI is InChI=1S/C22H25N5O2/c1-26(2)13-12-23-22(29)17-10-6-15(7-11-17)18-4-3-5-21-24-20(25-27(18)21)14-19(28)16-8-9-16/h3-7,10-11,16H,8-9,12-14H2,1-2H3,(H,23,29). The summed E-state index contributed by atoms with van der Waals surface area (Å²) in [6, 6.07) is 13.2. The Kier molecular flexibility index (Phi) is 5.40. The third-order valence-electron chi connectivity index (χ3n) is 5.06. The molecule has 150 valence electrons. The van der Waals surface area contributed by atoms with Crippen molar-refractivity contribution in [2.24, 2.45) is 5.92 Å². The largest absolute Gasteiger partial charge is 0.351 e. The summed E-state index contributed by atoms with van der Waals surface area (Å²) in [6.07, 6.45) is 2.27. The van der Waals surface area contributed by atoms with E-state index in [1.165, 1.54) is 0 Å². The van der Waals surface area contributed by atoms with Crippen molar-refractivity contribution in [1.29, 1.82) is 0 Å². The molecule has 0 radical (unpaired) electrons. The Morgan fingerprint density at radius 1 is 1.14 bits per heavy atom. The molecule has 0 unspecified atom stereocenters. The van der Waals surface area contributed by atoms with Crippen LogP contribution in [0.15, 0.2) is 42.5 Å². The Labute approximate surface area is 169 Å². The molecule has 4 rings (SSSR count). The van der Waals surface area contributed by atoms with Crippen LogP contribution in [0.2, 0.25) is 0 Å². The number of likely N-dealkylation sites (N-methyl/N-ethyl adjacent to an activating group) is 1. The number of pyridine rings is 1. The van der Waals surface area contributed by atoms with Crippen molar-refractivity contribution < 1.29 is 9.59 Å². The first kappa shape index (κ1) is 19.3. The maximum Gasteiger partial charge on any atom is 0.251 e. The number of benzene rings is 1. The smallest absolute Gasteiger partial charge is 0.251 e. The predicted octanol–water partition coefficient (Wildman–Crippen LogP) is 2.21. The van der Waals surface area contributed by atoms with Crippen LogP contribution in [-0.2, 0) is 11.2 Å². The number of hydrogen-bond acceptors (Lipinski definition) is 5. The molecule has 0 atom stereocenters. The highest BCUT2D eigenvalue weighted by molar-refractivity contribution is 5.94. The van der Waals surface area contributed by atoms with Gasteiger partial charge in [-0.25, -0.2) is 9.50 Å². The molecule has 7 heteroatoms. The molecule has 0 spiro atoms. The Morgan fingerprint density at radius 3 is 2.59 bits per heavy atom. The van der Waals surface area contributed by atoms with Crippen LogP contribution in [0, 0.1) is 5.92 Å². The number of aromatic nitrogens is 3. The first-order chi connectivity index (χ1) is 14.0. The molecule has 2 heterocycles. The van der Waals surface area contributed by atoms with Crippen LogP contribution in [0.1, 0.15) is 29.0 Å². The van der Waals surface area contributed by atoms with E-state index < -0.39 is 0 Å². The number of carbonyl (C=O) groups is 2. The van der Waals surface area contributed by atoms with Gasteiger partial charge in [0.25, 0.3) is 5.91 Å². The number of Topliss-reactive ketones (excluding diaryl/α,β-unsaturated/α-hetero) is 1. The van der Waals surface area contributed by atoms with Crippen LogP contribution in [0.25, 0.3) is 16.9 Å². The van der Waals surface area contributed by atoms with Gasteiger partial charge in [0.05, 0.1) is 12.1 Å². The quantitative estimate of drug-likeness (QED) is 0.637. The fourth-order valence-electron chi connectivity index (χ4n) is 3.24. The van der Waals surface area contributed by atoms with Crippen molar-refractivity contribution >= 4 is 17.3 Å². The first-order valence-electron chi connectivity index (χ1n) is 9.92. The molecule has 2 aromatic heterocycles. The van der Waals surface area contributed by atoms with Crippen molar-refractivity contribution in [2.75, 3.05) is 27.2 Å². The number of rotatable bonds is 8. The van der Waals surface area contributed by atoms with Gasteiger partial charge in [0.2, 0.25) is 0 Å². The number of hydrogen-bond donors (Lipinski definition) is 1. The fourth-order valence-corrected chi connectivity index (χ4v) is 3.24. The molecule has 0 aliphatic heterocycles. The van der Waals surface area contributed by atoms with Crippen LogP contribution in [0.5, 0.6) is 0 Å². The number of nitrogens with zero attached hydrogens (tertiary/aromatic N) is 4. The molecule has 0 saturated heterocycles. The minimum absolute atomic E-state index is 0.0850. The van der Waals surface area contributed by atoms with Crippen LogP contribution in [0.4, 0.5) is 0 Å². The normalized spacial score (nSPS) is 13.8. The lowest BCUT2D eigenvalue weighted by molar-refractivity contribution is -0.119. The molecule has 29 heavy (non-hydrogen) atoms. The zero-order chi connectivity index (χ0) is 20.4. The number of amides is 1. The van der Waals surface area contributed by atoms with Crippen LogP contribution in [0.3, 0.4) is 0 Å². The van der Waals surface area contributed by atoms with Crippen molar-refractivity contribution in [2.45, 2.75) is 19.3 Å². The van der Waals surface area contributed by atoms with Crippen molar-refractivity contribution in [3.05, 3.63) is 53.9 Å². The summed E-state index contributed by atoms with van der Waals surface area (Å²) in [6.45, 7) is 1.40. The second-order valence-electron chi connectivity index (χ2n) is 7.76. The molecule has 3 aromatic rings. The maximum absolute atomic E-state index is 12.3. The van der Waals surface area contributed by atoms with Crippen molar-refractivity contribution in [1.82, 2.24) is 24.8 Å². The minimum Gasteiger partial charge on any atom is -0.351 e. The van der Waals surface area contributed by atoms with Gasteiger partial charge in [0, 0.05) is 30.1 Å². The predicted molar refractivity (Wildman–Crippen MR) is 111 cm³/mol. The van der Waals surface area contributed by atoms with Gasteiger partial charge in [-0.1, -0.05) is 18.2 Å². The molecule has 1 aliphatic rings. The van der Waals surface area contributed by atoms with Crippen LogP contribution >= 0.6 is 0 Å². The Morgan fingerprint density at radius 2 is 1.90 bits per heavy atom. The molecule has 0 bridgehead atoms. The lowest BCUT2D eigenvalue weighted by Crippen LogP contribution is -2.31. The van der Waals surface area contributed by atoms with E-state index in [9.17, 15) is 9.59 Å². The third-order valence-corrected chi connectivity index (χ3v) is 5.06. The van der Waals surface area contributed by atoms with Gasteiger partial charge in [-0.05, 0) is 51.2 Å². The molecular formula is C22H25N5O2.